The number of thioether (sulfide) groups is 1. The molecule has 0 aliphatic rings. The van der Waals surface area contributed by atoms with Gasteiger partial charge in [0.2, 0.25) is 0 Å². The SMILES string of the molecule is C=C[NH+](C)N=C(C)SC. The summed E-state index contributed by atoms with van der Waals surface area (Å²) in [7, 11) is 1.94. The molecule has 1 unspecified atom stereocenters. The zero-order chi connectivity index (χ0) is 7.28. The standard InChI is InChI=1S/C6H12N2S/c1-5-8(3)7-6(2)9-4/h5H,1H2,2-4H3/p+1. The fourth-order valence-corrected chi connectivity index (χ4v) is 0.575. The highest BCUT2D eigenvalue weighted by Crippen LogP contribution is 1.92. The van der Waals surface area contributed by atoms with Crippen LogP contribution >= 0.6 is 11.8 Å². The van der Waals surface area contributed by atoms with Gasteiger partial charge in [-0.1, -0.05) is 5.10 Å². The van der Waals surface area contributed by atoms with Gasteiger partial charge in [0.25, 0.3) is 0 Å². The number of quaternary nitrogens is 1. The van der Waals surface area contributed by atoms with Crippen LogP contribution in [-0.2, 0) is 0 Å². The van der Waals surface area contributed by atoms with Gasteiger partial charge in [-0.05, 0) is 19.8 Å². The predicted octanol–water partition coefficient (Wildman–Crippen LogP) is 0.341. The number of hydrogen-bond acceptors (Lipinski definition) is 2. The van der Waals surface area contributed by atoms with Crippen LogP contribution in [0.5, 0.6) is 0 Å². The van der Waals surface area contributed by atoms with Crippen LogP contribution in [-0.4, -0.2) is 18.3 Å². The summed E-state index contributed by atoms with van der Waals surface area (Å²) in [6, 6.07) is 0. The Kier molecular flexibility index (Phi) is 4.44. The Hall–Kier alpha value is -0.280. The van der Waals surface area contributed by atoms with Crippen LogP contribution in [0.4, 0.5) is 0 Å². The van der Waals surface area contributed by atoms with Crippen molar-refractivity contribution in [2.75, 3.05) is 13.3 Å². The molecule has 0 bridgehead atoms. The molecule has 0 aliphatic heterocycles. The summed E-state index contributed by atoms with van der Waals surface area (Å²) in [5.74, 6) is 0. The van der Waals surface area contributed by atoms with E-state index in [9.17, 15) is 0 Å². The lowest BCUT2D eigenvalue weighted by Crippen LogP contribution is -2.99. The topological polar surface area (TPSA) is 16.8 Å². The Bertz CT molecular complexity index is 120. The smallest absolute Gasteiger partial charge is 0.126 e. The largest absolute Gasteiger partial charge is 0.185 e. The summed E-state index contributed by atoms with van der Waals surface area (Å²) in [4.78, 5) is 0. The minimum absolute atomic E-state index is 0.974. The molecule has 0 aliphatic carbocycles. The molecule has 1 atom stereocenters. The predicted molar refractivity (Wildman–Crippen MR) is 43.7 cm³/mol. The molecule has 0 amide bonds. The molecule has 0 rings (SSSR count). The second kappa shape index (κ2) is 4.58. The lowest BCUT2D eigenvalue weighted by atomic mass is 10.9. The van der Waals surface area contributed by atoms with E-state index < -0.39 is 0 Å². The maximum Gasteiger partial charge on any atom is 0.126 e. The molecule has 2 nitrogen and oxygen atoms in total. The zero-order valence-electron chi connectivity index (χ0n) is 6.14. The van der Waals surface area contributed by atoms with E-state index in [1.54, 1.807) is 18.0 Å². The molecule has 0 saturated carbocycles. The molecule has 52 valence electrons. The van der Waals surface area contributed by atoms with Gasteiger partial charge in [0, 0.05) is 0 Å². The third-order valence-corrected chi connectivity index (χ3v) is 1.61. The Morgan fingerprint density at radius 3 is 2.67 bits per heavy atom. The van der Waals surface area contributed by atoms with Gasteiger partial charge in [-0.2, -0.15) is 5.01 Å². The second-order valence-corrected chi connectivity index (χ2v) is 2.68. The minimum atomic E-state index is 0.974. The monoisotopic (exact) mass is 145 g/mol. The molecule has 0 heterocycles. The van der Waals surface area contributed by atoms with Crippen LogP contribution in [0.15, 0.2) is 17.9 Å². The molecule has 9 heavy (non-hydrogen) atoms. The maximum atomic E-state index is 4.19. The molecule has 0 fully saturated rings. The van der Waals surface area contributed by atoms with E-state index in [0.29, 0.717) is 0 Å². The van der Waals surface area contributed by atoms with Crippen LogP contribution in [0.1, 0.15) is 6.92 Å². The molecule has 0 radical (unpaired) electrons. The lowest BCUT2D eigenvalue weighted by molar-refractivity contribution is -0.831. The Morgan fingerprint density at radius 1 is 1.78 bits per heavy atom. The van der Waals surface area contributed by atoms with Crippen molar-refractivity contribution in [3.63, 3.8) is 0 Å². The first-order valence-corrected chi connectivity index (χ1v) is 3.98. The quantitative estimate of drug-likeness (QED) is 0.337. The Balaban J connectivity index is 3.78. The normalized spacial score (nSPS) is 15.2. The van der Waals surface area contributed by atoms with Gasteiger partial charge in [-0.25, -0.2) is 0 Å². The van der Waals surface area contributed by atoms with Crippen LogP contribution in [0.2, 0.25) is 0 Å². The molecule has 0 saturated heterocycles. The van der Waals surface area contributed by atoms with Crippen LogP contribution in [0, 0.1) is 0 Å². The molecule has 1 N–H and O–H groups in total. The van der Waals surface area contributed by atoms with Crippen molar-refractivity contribution < 1.29 is 5.01 Å². The van der Waals surface area contributed by atoms with Crippen molar-refractivity contribution in [1.29, 1.82) is 0 Å². The number of nitrogens with zero attached hydrogens (tertiary/aromatic N) is 1. The summed E-state index contributed by atoms with van der Waals surface area (Å²) in [6.07, 6.45) is 3.76. The third kappa shape index (κ3) is 4.24. The number of rotatable bonds is 2. The molecular formula is C6H13N2S+. The van der Waals surface area contributed by atoms with E-state index in [1.165, 1.54) is 0 Å². The molecule has 3 heteroatoms. The first-order chi connectivity index (χ1) is 4.20. The highest BCUT2D eigenvalue weighted by molar-refractivity contribution is 8.13. The van der Waals surface area contributed by atoms with Gasteiger partial charge in [-0.15, -0.1) is 11.8 Å². The van der Waals surface area contributed by atoms with E-state index in [4.69, 9.17) is 0 Å². The van der Waals surface area contributed by atoms with Gasteiger partial charge < -0.3 is 0 Å². The first-order valence-electron chi connectivity index (χ1n) is 2.76. The summed E-state index contributed by atoms with van der Waals surface area (Å²) >= 11 is 1.65. The fourth-order valence-electron chi connectivity index (χ4n) is 0.340. The average molecular weight is 145 g/mol. The van der Waals surface area contributed by atoms with Crippen molar-refractivity contribution in [1.82, 2.24) is 0 Å². The van der Waals surface area contributed by atoms with Crippen molar-refractivity contribution in [2.24, 2.45) is 5.10 Å². The van der Waals surface area contributed by atoms with E-state index in [0.717, 1.165) is 10.1 Å². The van der Waals surface area contributed by atoms with Crippen molar-refractivity contribution >= 4 is 16.8 Å². The van der Waals surface area contributed by atoms with E-state index >= 15 is 0 Å². The van der Waals surface area contributed by atoms with E-state index in [2.05, 4.69) is 11.7 Å². The van der Waals surface area contributed by atoms with Crippen molar-refractivity contribution in [3.8, 4) is 0 Å². The third-order valence-electron chi connectivity index (χ3n) is 0.925. The fraction of sp³-hybridized carbons (Fsp3) is 0.500. The highest BCUT2D eigenvalue weighted by Gasteiger charge is 1.91. The molecule has 0 aromatic carbocycles. The van der Waals surface area contributed by atoms with Crippen molar-refractivity contribution in [3.05, 3.63) is 12.8 Å². The van der Waals surface area contributed by atoms with Gasteiger partial charge in [0.05, 0.1) is 7.05 Å². The molecule has 0 aromatic rings. The van der Waals surface area contributed by atoms with Crippen LogP contribution in [0.3, 0.4) is 0 Å². The average Bonchev–Trinajstić information content (AvgIpc) is 1.87. The highest BCUT2D eigenvalue weighted by atomic mass is 32.2. The first kappa shape index (κ1) is 8.72. The summed E-state index contributed by atoms with van der Waals surface area (Å²) in [5, 5.41) is 6.24. The summed E-state index contributed by atoms with van der Waals surface area (Å²) in [6.45, 7) is 5.58. The molecule has 0 spiro atoms. The van der Waals surface area contributed by atoms with Crippen LogP contribution in [0.25, 0.3) is 0 Å². The lowest BCUT2D eigenvalue weighted by Gasteiger charge is -1.97. The van der Waals surface area contributed by atoms with Gasteiger partial charge in [-0.3, -0.25) is 0 Å². The van der Waals surface area contributed by atoms with Gasteiger partial charge in [0.15, 0.2) is 0 Å². The maximum absolute atomic E-state index is 4.19. The number of hydrogen-bond donors (Lipinski definition) is 1. The zero-order valence-corrected chi connectivity index (χ0v) is 6.96. The number of nitrogens with one attached hydrogen (secondary N) is 1. The Labute approximate surface area is 60.6 Å². The Morgan fingerprint density at radius 2 is 2.33 bits per heavy atom. The summed E-state index contributed by atoms with van der Waals surface area (Å²) in [5.41, 5.74) is 0. The molecular weight excluding hydrogens is 132 g/mol. The minimum Gasteiger partial charge on any atom is -0.185 e. The van der Waals surface area contributed by atoms with Gasteiger partial charge >= 0.3 is 0 Å². The second-order valence-electron chi connectivity index (χ2n) is 1.68. The summed E-state index contributed by atoms with van der Waals surface area (Å²) < 4.78 is 0. The van der Waals surface area contributed by atoms with Crippen LogP contribution < -0.4 is 5.01 Å². The van der Waals surface area contributed by atoms with Crippen molar-refractivity contribution in [2.45, 2.75) is 6.92 Å². The van der Waals surface area contributed by atoms with E-state index in [-0.39, 0.29) is 0 Å². The van der Waals surface area contributed by atoms with E-state index in [1.807, 2.05) is 20.2 Å². The van der Waals surface area contributed by atoms with Gasteiger partial charge in [0.1, 0.15) is 11.2 Å². The molecule has 0 aromatic heterocycles.